The van der Waals surface area contributed by atoms with Gasteiger partial charge < -0.3 is 20.3 Å². The lowest BCUT2D eigenvalue weighted by Gasteiger charge is -2.36. The van der Waals surface area contributed by atoms with Crippen LogP contribution in [0.15, 0.2) is 41.8 Å². The quantitative estimate of drug-likeness (QED) is 0.617. The van der Waals surface area contributed by atoms with Gasteiger partial charge in [0.05, 0.1) is 20.2 Å². The van der Waals surface area contributed by atoms with Gasteiger partial charge in [0.1, 0.15) is 5.75 Å². The number of hydrogen-bond donors (Lipinski definition) is 2. The van der Waals surface area contributed by atoms with Crippen LogP contribution in [0.1, 0.15) is 42.5 Å². The van der Waals surface area contributed by atoms with Gasteiger partial charge >= 0.3 is 0 Å². The van der Waals surface area contributed by atoms with Crippen LogP contribution < -0.4 is 15.4 Å². The summed E-state index contributed by atoms with van der Waals surface area (Å²) in [4.78, 5) is 15.9. The number of benzene rings is 1. The third-order valence-electron chi connectivity index (χ3n) is 5.21. The summed E-state index contributed by atoms with van der Waals surface area (Å²) in [6, 6.07) is 12.4. The molecule has 1 aliphatic rings. The summed E-state index contributed by atoms with van der Waals surface area (Å²) in [5.41, 5.74) is 1.00. The van der Waals surface area contributed by atoms with Crippen molar-refractivity contribution in [3.05, 3.63) is 52.2 Å². The summed E-state index contributed by atoms with van der Waals surface area (Å²) < 4.78 is 5.22. The first-order valence-electron chi connectivity index (χ1n) is 10.1. The van der Waals surface area contributed by atoms with E-state index in [9.17, 15) is 4.79 Å². The highest BCUT2D eigenvalue weighted by molar-refractivity contribution is 7.80. The van der Waals surface area contributed by atoms with Crippen molar-refractivity contribution in [2.45, 2.75) is 51.2 Å². The van der Waals surface area contributed by atoms with Gasteiger partial charge in [-0.2, -0.15) is 0 Å². The number of carbonyl (C=O) groups excluding carboxylic acids is 1. The third kappa shape index (κ3) is 6.72. The lowest BCUT2D eigenvalue weighted by Crippen LogP contribution is -2.48. The van der Waals surface area contributed by atoms with Crippen LogP contribution in [0.3, 0.4) is 0 Å². The number of thiophene rings is 1. The molecule has 5 nitrogen and oxygen atoms in total. The molecule has 1 aromatic carbocycles. The van der Waals surface area contributed by atoms with Crippen molar-refractivity contribution in [1.29, 1.82) is 0 Å². The number of nitrogens with zero attached hydrogens (tertiary/aromatic N) is 1. The Morgan fingerprint density at radius 1 is 1.21 bits per heavy atom. The van der Waals surface area contributed by atoms with E-state index in [-0.39, 0.29) is 12.5 Å². The van der Waals surface area contributed by atoms with Gasteiger partial charge in [-0.05, 0) is 54.2 Å². The second-order valence-electron chi connectivity index (χ2n) is 7.29. The van der Waals surface area contributed by atoms with Crippen LogP contribution >= 0.6 is 23.6 Å². The van der Waals surface area contributed by atoms with E-state index in [1.54, 1.807) is 18.4 Å². The van der Waals surface area contributed by atoms with Gasteiger partial charge in [-0.1, -0.05) is 37.5 Å². The summed E-state index contributed by atoms with van der Waals surface area (Å²) in [6.45, 7) is 1.45. The van der Waals surface area contributed by atoms with E-state index in [0.29, 0.717) is 17.7 Å². The number of nitrogens with one attached hydrogen (secondary N) is 2. The van der Waals surface area contributed by atoms with Gasteiger partial charge in [0, 0.05) is 17.5 Å². The monoisotopic (exact) mass is 431 g/mol. The standard InChI is InChI=1S/C22H29N3O2S2/c1-27-19-10-5-7-17(13-19)14-23-21(26)15-24-22(28)25(16-20-11-6-12-29-20)18-8-3-2-4-9-18/h5-7,10-13,18H,2-4,8-9,14-16H2,1H3,(H,23,26)(H,24,28). The molecule has 0 spiro atoms. The average molecular weight is 432 g/mol. The van der Waals surface area contributed by atoms with Crippen LogP contribution in [0.5, 0.6) is 5.75 Å². The zero-order valence-electron chi connectivity index (χ0n) is 16.9. The molecule has 1 aliphatic carbocycles. The van der Waals surface area contributed by atoms with Gasteiger partial charge in [0.25, 0.3) is 0 Å². The Morgan fingerprint density at radius 3 is 2.76 bits per heavy atom. The Hall–Kier alpha value is -2.12. The average Bonchev–Trinajstić information content (AvgIpc) is 3.28. The maximum Gasteiger partial charge on any atom is 0.239 e. The van der Waals surface area contributed by atoms with Crippen molar-refractivity contribution in [3.8, 4) is 5.75 Å². The van der Waals surface area contributed by atoms with E-state index in [1.165, 1.54) is 24.1 Å². The fraction of sp³-hybridized carbons (Fsp3) is 0.455. The minimum atomic E-state index is -0.0742. The van der Waals surface area contributed by atoms with Crippen molar-refractivity contribution in [2.75, 3.05) is 13.7 Å². The highest BCUT2D eigenvalue weighted by Gasteiger charge is 2.24. The first-order chi connectivity index (χ1) is 14.2. The molecule has 1 amide bonds. The topological polar surface area (TPSA) is 53.6 Å². The molecular weight excluding hydrogens is 402 g/mol. The summed E-state index contributed by atoms with van der Waals surface area (Å²) in [5, 5.41) is 8.88. The fourth-order valence-corrected chi connectivity index (χ4v) is 4.62. The Balaban J connectivity index is 1.50. The number of methoxy groups -OCH3 is 1. The molecule has 1 fully saturated rings. The fourth-order valence-electron chi connectivity index (χ4n) is 3.63. The van der Waals surface area contributed by atoms with Crippen LogP contribution in [-0.4, -0.2) is 35.6 Å². The molecule has 2 N–H and O–H groups in total. The first-order valence-corrected chi connectivity index (χ1v) is 11.4. The molecule has 0 saturated heterocycles. The number of rotatable bonds is 8. The van der Waals surface area contributed by atoms with Crippen molar-refractivity contribution in [1.82, 2.24) is 15.5 Å². The van der Waals surface area contributed by atoms with Crippen molar-refractivity contribution in [3.63, 3.8) is 0 Å². The predicted octanol–water partition coefficient (Wildman–Crippen LogP) is 4.08. The van der Waals surface area contributed by atoms with Gasteiger partial charge in [0.15, 0.2) is 5.11 Å². The zero-order valence-corrected chi connectivity index (χ0v) is 18.5. The predicted molar refractivity (Wildman–Crippen MR) is 122 cm³/mol. The van der Waals surface area contributed by atoms with Crippen molar-refractivity contribution in [2.24, 2.45) is 0 Å². The summed E-state index contributed by atoms with van der Waals surface area (Å²) >= 11 is 7.43. The maximum absolute atomic E-state index is 12.3. The number of ether oxygens (including phenoxy) is 1. The number of thiocarbonyl (C=S) groups is 1. The van der Waals surface area contributed by atoms with Crippen LogP contribution in [-0.2, 0) is 17.9 Å². The zero-order chi connectivity index (χ0) is 20.5. The Bertz CT molecular complexity index is 789. The second kappa shape index (κ2) is 11.2. The minimum Gasteiger partial charge on any atom is -0.497 e. The summed E-state index contributed by atoms with van der Waals surface area (Å²) in [5.74, 6) is 0.711. The SMILES string of the molecule is COc1cccc(CNC(=O)CNC(=S)N(Cc2cccs2)C2CCCCC2)c1. The van der Waals surface area contributed by atoms with Crippen LogP contribution in [0.2, 0.25) is 0 Å². The molecule has 0 atom stereocenters. The van der Waals surface area contributed by atoms with E-state index in [1.807, 2.05) is 24.3 Å². The Kier molecular flexibility index (Phi) is 8.31. The molecule has 29 heavy (non-hydrogen) atoms. The molecule has 1 aromatic heterocycles. The summed E-state index contributed by atoms with van der Waals surface area (Å²) in [7, 11) is 1.64. The molecule has 7 heteroatoms. The molecule has 3 rings (SSSR count). The summed E-state index contributed by atoms with van der Waals surface area (Å²) in [6.07, 6.45) is 6.12. The smallest absolute Gasteiger partial charge is 0.239 e. The van der Waals surface area contributed by atoms with E-state index < -0.39 is 0 Å². The first kappa shape index (κ1) is 21.6. The third-order valence-corrected chi connectivity index (χ3v) is 6.45. The number of hydrogen-bond acceptors (Lipinski definition) is 4. The van der Waals surface area contributed by atoms with E-state index >= 15 is 0 Å². The molecule has 0 unspecified atom stereocenters. The Morgan fingerprint density at radius 2 is 2.03 bits per heavy atom. The largest absolute Gasteiger partial charge is 0.497 e. The van der Waals surface area contributed by atoms with Gasteiger partial charge in [-0.15, -0.1) is 11.3 Å². The second-order valence-corrected chi connectivity index (χ2v) is 8.71. The van der Waals surface area contributed by atoms with E-state index in [4.69, 9.17) is 17.0 Å². The molecule has 156 valence electrons. The van der Waals surface area contributed by atoms with Crippen LogP contribution in [0.25, 0.3) is 0 Å². The lowest BCUT2D eigenvalue weighted by molar-refractivity contribution is -0.120. The minimum absolute atomic E-state index is 0.0742. The normalized spacial score (nSPS) is 14.2. The van der Waals surface area contributed by atoms with Gasteiger partial charge in [0.2, 0.25) is 5.91 Å². The molecule has 0 aliphatic heterocycles. The van der Waals surface area contributed by atoms with Crippen LogP contribution in [0, 0.1) is 0 Å². The molecule has 2 aromatic rings. The molecular formula is C22H29N3O2S2. The van der Waals surface area contributed by atoms with E-state index in [2.05, 4.69) is 33.0 Å². The number of carbonyl (C=O) groups is 1. The number of amides is 1. The van der Waals surface area contributed by atoms with Crippen molar-refractivity contribution >= 4 is 34.6 Å². The highest BCUT2D eigenvalue weighted by Crippen LogP contribution is 2.25. The lowest BCUT2D eigenvalue weighted by atomic mass is 9.94. The highest BCUT2D eigenvalue weighted by atomic mass is 32.1. The Labute approximate surface area is 182 Å². The van der Waals surface area contributed by atoms with Crippen LogP contribution in [0.4, 0.5) is 0 Å². The van der Waals surface area contributed by atoms with Gasteiger partial charge in [-0.3, -0.25) is 4.79 Å². The van der Waals surface area contributed by atoms with Crippen molar-refractivity contribution < 1.29 is 9.53 Å². The molecule has 0 bridgehead atoms. The van der Waals surface area contributed by atoms with Gasteiger partial charge in [-0.25, -0.2) is 0 Å². The molecule has 1 heterocycles. The molecule has 1 saturated carbocycles. The van der Waals surface area contributed by atoms with E-state index in [0.717, 1.165) is 30.7 Å². The maximum atomic E-state index is 12.3. The molecule has 0 radical (unpaired) electrons.